The first-order chi connectivity index (χ1) is 12.5. The highest BCUT2D eigenvalue weighted by Gasteiger charge is 2.12. The molecule has 0 spiro atoms. The van der Waals surface area contributed by atoms with Crippen molar-refractivity contribution in [3.8, 4) is 11.5 Å². The van der Waals surface area contributed by atoms with Gasteiger partial charge < -0.3 is 14.8 Å². The second-order valence-electron chi connectivity index (χ2n) is 5.13. The van der Waals surface area contributed by atoms with Crippen LogP contribution in [0.1, 0.15) is 18.1 Å². The summed E-state index contributed by atoms with van der Waals surface area (Å²) in [4.78, 5) is 0. The molecule has 0 aliphatic heterocycles. The van der Waals surface area contributed by atoms with E-state index >= 15 is 0 Å². The first-order valence-electron chi connectivity index (χ1n) is 7.87. The third-order valence-corrected chi connectivity index (χ3v) is 4.65. The van der Waals surface area contributed by atoms with Crippen molar-refractivity contribution in [3.05, 3.63) is 56.5 Å². The monoisotopic (exact) mass is 499 g/mol. The molecule has 0 bridgehead atoms. The van der Waals surface area contributed by atoms with E-state index < -0.39 is 0 Å². The summed E-state index contributed by atoms with van der Waals surface area (Å²) in [5.41, 5.74) is 4.63. The zero-order chi connectivity index (χ0) is 18.9. The Bertz CT molecular complexity index is 783. The highest BCUT2D eigenvalue weighted by molar-refractivity contribution is 9.10. The van der Waals surface area contributed by atoms with Gasteiger partial charge in [0.1, 0.15) is 6.61 Å². The van der Waals surface area contributed by atoms with Crippen molar-refractivity contribution in [1.82, 2.24) is 10.7 Å². The van der Waals surface area contributed by atoms with Crippen molar-refractivity contribution in [2.75, 3.05) is 13.7 Å². The van der Waals surface area contributed by atoms with E-state index in [1.807, 2.05) is 43.3 Å². The SMILES string of the molecule is CCOc1cc(/C=N/NC(=S)NC)cc(Br)c1OCc1ccc(Br)cc1. The Morgan fingerprint density at radius 1 is 1.19 bits per heavy atom. The topological polar surface area (TPSA) is 54.9 Å². The van der Waals surface area contributed by atoms with Crippen LogP contribution >= 0.6 is 44.1 Å². The van der Waals surface area contributed by atoms with Crippen molar-refractivity contribution in [3.63, 3.8) is 0 Å². The van der Waals surface area contributed by atoms with Crippen LogP contribution in [0.2, 0.25) is 0 Å². The number of nitrogens with zero attached hydrogens (tertiary/aromatic N) is 1. The number of hydrogen-bond donors (Lipinski definition) is 2. The van der Waals surface area contributed by atoms with Gasteiger partial charge in [-0.25, -0.2) is 0 Å². The summed E-state index contributed by atoms with van der Waals surface area (Å²) in [5.74, 6) is 1.31. The average molecular weight is 501 g/mol. The number of rotatable bonds is 7. The van der Waals surface area contributed by atoms with Crippen molar-refractivity contribution in [1.29, 1.82) is 0 Å². The fourth-order valence-corrected chi connectivity index (χ4v) is 2.91. The second kappa shape index (κ2) is 10.5. The first kappa shape index (κ1) is 20.7. The molecule has 26 heavy (non-hydrogen) atoms. The summed E-state index contributed by atoms with van der Waals surface area (Å²) in [6.07, 6.45) is 1.66. The molecular weight excluding hydrogens is 482 g/mol. The molecule has 0 atom stereocenters. The summed E-state index contributed by atoms with van der Waals surface area (Å²) in [5, 5.41) is 7.32. The Labute approximate surface area is 175 Å². The van der Waals surface area contributed by atoms with Gasteiger partial charge in [-0.1, -0.05) is 28.1 Å². The van der Waals surface area contributed by atoms with Crippen LogP contribution in [0.5, 0.6) is 11.5 Å². The molecule has 8 heteroatoms. The number of halogens is 2. The molecule has 138 valence electrons. The van der Waals surface area contributed by atoms with E-state index in [-0.39, 0.29) is 0 Å². The van der Waals surface area contributed by atoms with E-state index in [9.17, 15) is 0 Å². The summed E-state index contributed by atoms with van der Waals surface area (Å²) < 4.78 is 13.5. The molecule has 0 aliphatic carbocycles. The minimum atomic E-state index is 0.442. The third-order valence-electron chi connectivity index (χ3n) is 3.23. The van der Waals surface area contributed by atoms with Gasteiger partial charge >= 0.3 is 0 Å². The van der Waals surface area contributed by atoms with E-state index in [0.29, 0.717) is 29.8 Å². The van der Waals surface area contributed by atoms with E-state index in [1.165, 1.54) is 0 Å². The summed E-state index contributed by atoms with van der Waals surface area (Å²) >= 11 is 12.0. The van der Waals surface area contributed by atoms with Crippen LogP contribution < -0.4 is 20.2 Å². The van der Waals surface area contributed by atoms with Crippen LogP contribution in [-0.2, 0) is 6.61 Å². The maximum Gasteiger partial charge on any atom is 0.186 e. The van der Waals surface area contributed by atoms with Gasteiger partial charge in [0, 0.05) is 11.5 Å². The molecule has 0 saturated heterocycles. The maximum absolute atomic E-state index is 5.98. The van der Waals surface area contributed by atoms with E-state index in [4.69, 9.17) is 21.7 Å². The lowest BCUT2D eigenvalue weighted by Crippen LogP contribution is -2.28. The zero-order valence-corrected chi connectivity index (χ0v) is 18.4. The van der Waals surface area contributed by atoms with Gasteiger partial charge in [-0.15, -0.1) is 0 Å². The maximum atomic E-state index is 5.98. The lowest BCUT2D eigenvalue weighted by Gasteiger charge is -2.14. The van der Waals surface area contributed by atoms with Crippen molar-refractivity contribution < 1.29 is 9.47 Å². The molecule has 2 N–H and O–H groups in total. The fraction of sp³-hybridized carbons (Fsp3) is 0.222. The van der Waals surface area contributed by atoms with Crippen LogP contribution in [-0.4, -0.2) is 25.0 Å². The van der Waals surface area contributed by atoms with Crippen molar-refractivity contribution in [2.24, 2.45) is 5.10 Å². The molecule has 0 radical (unpaired) electrons. The number of ether oxygens (including phenoxy) is 2. The van der Waals surface area contributed by atoms with E-state index in [0.717, 1.165) is 20.1 Å². The number of benzene rings is 2. The van der Waals surface area contributed by atoms with Crippen LogP contribution in [0.4, 0.5) is 0 Å². The Kier molecular flexibility index (Phi) is 8.34. The Balaban J connectivity index is 2.16. The molecule has 0 fully saturated rings. The van der Waals surface area contributed by atoms with Crippen LogP contribution in [0.15, 0.2) is 50.4 Å². The summed E-state index contributed by atoms with van der Waals surface area (Å²) in [6, 6.07) is 11.8. The van der Waals surface area contributed by atoms with Gasteiger partial charge in [0.2, 0.25) is 0 Å². The smallest absolute Gasteiger partial charge is 0.186 e. The Morgan fingerprint density at radius 3 is 2.58 bits per heavy atom. The third kappa shape index (κ3) is 6.26. The van der Waals surface area contributed by atoms with Crippen LogP contribution in [0.3, 0.4) is 0 Å². The summed E-state index contributed by atoms with van der Waals surface area (Å²) in [6.45, 7) is 2.90. The van der Waals surface area contributed by atoms with Crippen molar-refractivity contribution in [2.45, 2.75) is 13.5 Å². The molecule has 5 nitrogen and oxygen atoms in total. The zero-order valence-electron chi connectivity index (χ0n) is 14.4. The quantitative estimate of drug-likeness (QED) is 0.330. The minimum Gasteiger partial charge on any atom is -0.490 e. The highest BCUT2D eigenvalue weighted by Crippen LogP contribution is 2.37. The predicted octanol–water partition coefficient (Wildman–Crippen LogP) is 4.62. The molecule has 0 amide bonds. The fourth-order valence-electron chi connectivity index (χ4n) is 2.02. The Morgan fingerprint density at radius 2 is 1.92 bits per heavy atom. The molecule has 0 unspecified atom stereocenters. The Hall–Kier alpha value is -1.64. The van der Waals surface area contributed by atoms with Gasteiger partial charge in [0.05, 0.1) is 17.3 Å². The van der Waals surface area contributed by atoms with Crippen LogP contribution in [0, 0.1) is 0 Å². The van der Waals surface area contributed by atoms with Crippen LogP contribution in [0.25, 0.3) is 0 Å². The number of hydrogen-bond acceptors (Lipinski definition) is 4. The van der Waals surface area contributed by atoms with Gasteiger partial charge in [-0.3, -0.25) is 5.43 Å². The molecular formula is C18H19Br2N3O2S. The molecule has 0 aromatic heterocycles. The minimum absolute atomic E-state index is 0.442. The molecule has 0 heterocycles. The normalized spacial score (nSPS) is 10.6. The van der Waals surface area contributed by atoms with Crippen molar-refractivity contribution >= 4 is 55.4 Å². The molecule has 2 aromatic carbocycles. The predicted molar refractivity (Wildman–Crippen MR) is 116 cm³/mol. The largest absolute Gasteiger partial charge is 0.490 e. The molecule has 0 aliphatic rings. The first-order valence-corrected chi connectivity index (χ1v) is 9.87. The molecule has 2 aromatic rings. The van der Waals surface area contributed by atoms with E-state index in [1.54, 1.807) is 13.3 Å². The molecule has 2 rings (SSSR count). The van der Waals surface area contributed by atoms with Gasteiger partial charge in [0.15, 0.2) is 16.6 Å². The van der Waals surface area contributed by atoms with Gasteiger partial charge in [-0.05, 0) is 70.5 Å². The summed E-state index contributed by atoms with van der Waals surface area (Å²) in [7, 11) is 1.73. The standard InChI is InChI=1S/C18H19Br2N3O2S/c1-3-24-16-9-13(10-22-23-18(26)21-2)8-15(20)17(16)25-11-12-4-6-14(19)7-5-12/h4-10H,3,11H2,1-2H3,(H2,21,23,26)/b22-10+. The lowest BCUT2D eigenvalue weighted by atomic mass is 10.2. The van der Waals surface area contributed by atoms with Gasteiger partial charge in [-0.2, -0.15) is 5.10 Å². The number of nitrogens with one attached hydrogen (secondary N) is 2. The van der Waals surface area contributed by atoms with E-state index in [2.05, 4.69) is 47.7 Å². The number of thiocarbonyl (C=S) groups is 1. The highest BCUT2D eigenvalue weighted by atomic mass is 79.9. The van der Waals surface area contributed by atoms with Gasteiger partial charge in [0.25, 0.3) is 0 Å². The second-order valence-corrected chi connectivity index (χ2v) is 7.31. The molecule has 0 saturated carbocycles. The lowest BCUT2D eigenvalue weighted by molar-refractivity contribution is 0.267. The average Bonchev–Trinajstić information content (AvgIpc) is 2.62. The number of hydrazone groups is 1.